The molecule has 1 heterocycles. The highest BCUT2D eigenvalue weighted by atomic mass is 16.2. The van der Waals surface area contributed by atoms with Crippen LogP contribution in [0.3, 0.4) is 0 Å². The van der Waals surface area contributed by atoms with Crippen molar-refractivity contribution < 1.29 is 9.59 Å². The van der Waals surface area contributed by atoms with Crippen LogP contribution >= 0.6 is 0 Å². The van der Waals surface area contributed by atoms with Crippen molar-refractivity contribution in [3.8, 4) is 0 Å². The second-order valence-corrected chi connectivity index (χ2v) is 3.81. The number of carbonyl (C=O) groups is 2. The molecule has 1 unspecified atom stereocenters. The molecule has 0 aliphatic heterocycles. The largest absolute Gasteiger partial charge is 0.382 e. The third-order valence-corrected chi connectivity index (χ3v) is 2.19. The molecule has 0 aliphatic rings. The lowest BCUT2D eigenvalue weighted by Gasteiger charge is -2.13. The molecule has 0 radical (unpaired) electrons. The van der Waals surface area contributed by atoms with Gasteiger partial charge in [0, 0.05) is 6.54 Å². The SMILES string of the molecule is CCCNC(=O)C(C)NC(=O)c1cnc(N)cn1. The zero-order valence-corrected chi connectivity index (χ0v) is 10.4. The molecule has 7 nitrogen and oxygen atoms in total. The Morgan fingerprint density at radius 3 is 2.67 bits per heavy atom. The molecular weight excluding hydrogens is 234 g/mol. The molecule has 0 saturated carbocycles. The second kappa shape index (κ2) is 6.53. The van der Waals surface area contributed by atoms with Crippen LogP contribution in [-0.4, -0.2) is 34.4 Å². The Labute approximate surface area is 105 Å². The summed E-state index contributed by atoms with van der Waals surface area (Å²) in [5.74, 6) is -0.449. The monoisotopic (exact) mass is 251 g/mol. The van der Waals surface area contributed by atoms with Crippen molar-refractivity contribution in [1.29, 1.82) is 0 Å². The van der Waals surface area contributed by atoms with Crippen LogP contribution in [-0.2, 0) is 4.79 Å². The molecule has 0 fully saturated rings. The van der Waals surface area contributed by atoms with Crippen LogP contribution in [0.2, 0.25) is 0 Å². The van der Waals surface area contributed by atoms with Gasteiger partial charge in [-0.15, -0.1) is 0 Å². The van der Waals surface area contributed by atoms with E-state index in [-0.39, 0.29) is 17.4 Å². The van der Waals surface area contributed by atoms with Gasteiger partial charge in [-0.1, -0.05) is 6.92 Å². The molecule has 0 bridgehead atoms. The molecule has 1 aromatic rings. The van der Waals surface area contributed by atoms with Gasteiger partial charge >= 0.3 is 0 Å². The number of carbonyl (C=O) groups excluding carboxylic acids is 2. The Hall–Kier alpha value is -2.18. The molecule has 0 aromatic carbocycles. The molecule has 18 heavy (non-hydrogen) atoms. The van der Waals surface area contributed by atoms with Gasteiger partial charge in [-0.25, -0.2) is 9.97 Å². The summed E-state index contributed by atoms with van der Waals surface area (Å²) in [5.41, 5.74) is 5.49. The fourth-order valence-corrected chi connectivity index (χ4v) is 1.19. The van der Waals surface area contributed by atoms with Crippen molar-refractivity contribution in [3.05, 3.63) is 18.1 Å². The number of hydrogen-bond acceptors (Lipinski definition) is 5. The van der Waals surface area contributed by atoms with Gasteiger partial charge in [0.1, 0.15) is 17.6 Å². The number of hydrogen-bond donors (Lipinski definition) is 3. The third-order valence-electron chi connectivity index (χ3n) is 2.19. The van der Waals surface area contributed by atoms with Crippen LogP contribution in [0.15, 0.2) is 12.4 Å². The average Bonchev–Trinajstić information content (AvgIpc) is 2.36. The van der Waals surface area contributed by atoms with Gasteiger partial charge in [-0.2, -0.15) is 0 Å². The summed E-state index contributed by atoms with van der Waals surface area (Å²) in [7, 11) is 0. The smallest absolute Gasteiger partial charge is 0.272 e. The van der Waals surface area contributed by atoms with E-state index in [4.69, 9.17) is 5.73 Å². The number of amides is 2. The van der Waals surface area contributed by atoms with Gasteiger partial charge in [0.15, 0.2) is 0 Å². The predicted molar refractivity (Wildman–Crippen MR) is 66.7 cm³/mol. The van der Waals surface area contributed by atoms with E-state index in [1.54, 1.807) is 6.92 Å². The minimum Gasteiger partial charge on any atom is -0.382 e. The second-order valence-electron chi connectivity index (χ2n) is 3.81. The van der Waals surface area contributed by atoms with Gasteiger partial charge in [-0.05, 0) is 13.3 Å². The van der Waals surface area contributed by atoms with Crippen LogP contribution in [0, 0.1) is 0 Å². The van der Waals surface area contributed by atoms with E-state index >= 15 is 0 Å². The minimum absolute atomic E-state index is 0.124. The summed E-state index contributed by atoms with van der Waals surface area (Å²) in [6, 6.07) is -0.622. The van der Waals surface area contributed by atoms with E-state index in [1.165, 1.54) is 12.4 Å². The number of nitrogens with one attached hydrogen (secondary N) is 2. The van der Waals surface area contributed by atoms with E-state index in [0.29, 0.717) is 6.54 Å². The minimum atomic E-state index is -0.622. The Bertz CT molecular complexity index is 418. The summed E-state index contributed by atoms with van der Waals surface area (Å²) >= 11 is 0. The van der Waals surface area contributed by atoms with Crippen LogP contribution in [0.25, 0.3) is 0 Å². The van der Waals surface area contributed by atoms with Crippen molar-refractivity contribution in [3.63, 3.8) is 0 Å². The first-order valence-corrected chi connectivity index (χ1v) is 5.70. The summed E-state index contributed by atoms with van der Waals surface area (Å²) in [6.45, 7) is 4.14. The van der Waals surface area contributed by atoms with Crippen molar-refractivity contribution in [2.75, 3.05) is 12.3 Å². The summed E-state index contributed by atoms with van der Waals surface area (Å²) in [6.07, 6.45) is 3.40. The summed E-state index contributed by atoms with van der Waals surface area (Å²) in [4.78, 5) is 30.8. The maximum absolute atomic E-state index is 11.7. The lowest BCUT2D eigenvalue weighted by Crippen LogP contribution is -2.45. The summed E-state index contributed by atoms with van der Waals surface area (Å²) in [5, 5.41) is 5.22. The van der Waals surface area contributed by atoms with Crippen molar-refractivity contribution >= 4 is 17.6 Å². The fraction of sp³-hybridized carbons (Fsp3) is 0.455. The Balaban J connectivity index is 2.53. The molecule has 0 aliphatic carbocycles. The molecule has 7 heteroatoms. The van der Waals surface area contributed by atoms with Crippen LogP contribution in [0.1, 0.15) is 30.8 Å². The van der Waals surface area contributed by atoms with E-state index in [1.807, 2.05) is 6.92 Å². The van der Waals surface area contributed by atoms with Gasteiger partial charge in [0.05, 0.1) is 12.4 Å². The van der Waals surface area contributed by atoms with E-state index in [0.717, 1.165) is 6.42 Å². The molecule has 0 saturated heterocycles. The molecule has 1 atom stereocenters. The van der Waals surface area contributed by atoms with Gasteiger partial charge in [0.2, 0.25) is 5.91 Å². The maximum atomic E-state index is 11.7. The molecule has 4 N–H and O–H groups in total. The number of nitrogens with two attached hydrogens (primary N) is 1. The lowest BCUT2D eigenvalue weighted by atomic mass is 10.3. The van der Waals surface area contributed by atoms with Crippen LogP contribution < -0.4 is 16.4 Å². The van der Waals surface area contributed by atoms with Gasteiger partial charge in [-0.3, -0.25) is 9.59 Å². The van der Waals surface area contributed by atoms with E-state index in [2.05, 4.69) is 20.6 Å². The topological polar surface area (TPSA) is 110 Å². The molecular formula is C11H17N5O2. The van der Waals surface area contributed by atoms with Gasteiger partial charge < -0.3 is 16.4 Å². The van der Waals surface area contributed by atoms with Crippen molar-refractivity contribution in [2.24, 2.45) is 0 Å². The first-order valence-electron chi connectivity index (χ1n) is 5.70. The predicted octanol–water partition coefficient (Wildman–Crippen LogP) is -0.297. The van der Waals surface area contributed by atoms with Gasteiger partial charge in [0.25, 0.3) is 5.91 Å². The number of nitrogens with zero attached hydrogens (tertiary/aromatic N) is 2. The molecule has 2 amide bonds. The molecule has 98 valence electrons. The number of aromatic nitrogens is 2. The van der Waals surface area contributed by atoms with Crippen molar-refractivity contribution in [1.82, 2.24) is 20.6 Å². The normalized spacial score (nSPS) is 11.7. The highest BCUT2D eigenvalue weighted by molar-refractivity contribution is 5.95. The Kier molecular flexibility index (Phi) is 5.04. The first kappa shape index (κ1) is 13.9. The zero-order valence-electron chi connectivity index (χ0n) is 10.4. The zero-order chi connectivity index (χ0) is 13.5. The molecule has 1 rings (SSSR count). The number of rotatable bonds is 5. The number of anilines is 1. The Morgan fingerprint density at radius 2 is 2.11 bits per heavy atom. The molecule has 0 spiro atoms. The maximum Gasteiger partial charge on any atom is 0.272 e. The average molecular weight is 251 g/mol. The molecule has 1 aromatic heterocycles. The fourth-order valence-electron chi connectivity index (χ4n) is 1.19. The standard InChI is InChI=1S/C11H17N5O2/c1-3-4-13-10(17)7(2)16-11(18)8-5-15-9(12)6-14-8/h5-7H,3-4H2,1-2H3,(H2,12,15)(H,13,17)(H,16,18). The summed E-state index contributed by atoms with van der Waals surface area (Å²) < 4.78 is 0. The van der Waals surface area contributed by atoms with Crippen molar-refractivity contribution in [2.45, 2.75) is 26.3 Å². The van der Waals surface area contributed by atoms with Crippen LogP contribution in [0.5, 0.6) is 0 Å². The lowest BCUT2D eigenvalue weighted by molar-refractivity contribution is -0.122. The third kappa shape index (κ3) is 4.00. The van der Waals surface area contributed by atoms with E-state index in [9.17, 15) is 9.59 Å². The number of nitrogen functional groups attached to an aromatic ring is 1. The van der Waals surface area contributed by atoms with Crippen LogP contribution in [0.4, 0.5) is 5.82 Å². The van der Waals surface area contributed by atoms with E-state index < -0.39 is 11.9 Å². The quantitative estimate of drug-likeness (QED) is 0.665. The first-order chi connectivity index (χ1) is 8.54. The highest BCUT2D eigenvalue weighted by Crippen LogP contribution is 1.96. The Morgan fingerprint density at radius 1 is 1.39 bits per heavy atom. The highest BCUT2D eigenvalue weighted by Gasteiger charge is 2.16.